The Morgan fingerprint density at radius 2 is 1.78 bits per heavy atom. The van der Waals surface area contributed by atoms with Crippen molar-refractivity contribution >= 4 is 39.1 Å². The van der Waals surface area contributed by atoms with E-state index in [4.69, 9.17) is 4.74 Å². The van der Waals surface area contributed by atoms with Gasteiger partial charge in [-0.05, 0) is 55.0 Å². The van der Waals surface area contributed by atoms with E-state index < -0.39 is 27.4 Å². The number of rotatable bonds is 13. The van der Waals surface area contributed by atoms with Crippen molar-refractivity contribution in [3.63, 3.8) is 0 Å². The van der Waals surface area contributed by atoms with Gasteiger partial charge in [0.1, 0.15) is 12.3 Å². The number of nitrogens with zero attached hydrogens (tertiary/aromatic N) is 2. The molecule has 0 atom stereocenters. The maximum absolute atomic E-state index is 13.5. The Morgan fingerprint density at radius 3 is 2.43 bits per heavy atom. The molecule has 0 fully saturated rings. The van der Waals surface area contributed by atoms with Gasteiger partial charge in [-0.2, -0.15) is 11.8 Å². The van der Waals surface area contributed by atoms with Crippen LogP contribution in [0, 0.1) is 17.0 Å². The third kappa shape index (κ3) is 7.70. The summed E-state index contributed by atoms with van der Waals surface area (Å²) in [6, 6.07) is 20.0. The molecule has 3 rings (SSSR count). The summed E-state index contributed by atoms with van der Waals surface area (Å²) in [5.41, 5.74) is 1.49. The molecule has 1 amide bonds. The second kappa shape index (κ2) is 13.1. The van der Waals surface area contributed by atoms with E-state index in [0.717, 1.165) is 28.3 Å². The normalized spacial score (nSPS) is 11.1. The quantitative estimate of drug-likeness (QED) is 0.191. The highest BCUT2D eigenvalue weighted by Gasteiger charge is 2.29. The number of carbonyl (C=O) groups excluding carboxylic acids is 1. The third-order valence-corrected chi connectivity index (χ3v) is 8.40. The van der Waals surface area contributed by atoms with Gasteiger partial charge in [0.2, 0.25) is 5.91 Å². The lowest BCUT2D eigenvalue weighted by atomic mass is 10.2. The minimum atomic E-state index is -4.29. The fourth-order valence-electron chi connectivity index (χ4n) is 3.49. The van der Waals surface area contributed by atoms with Gasteiger partial charge in [0.05, 0.1) is 22.6 Å². The van der Waals surface area contributed by atoms with E-state index >= 15 is 0 Å². The Bertz CT molecular complexity index is 1320. The van der Waals surface area contributed by atoms with Gasteiger partial charge in [-0.3, -0.25) is 19.2 Å². The topological polar surface area (TPSA) is 119 Å². The number of nitrogens with one attached hydrogen (secondary N) is 1. The predicted molar refractivity (Wildman–Crippen MR) is 146 cm³/mol. The second-order valence-corrected chi connectivity index (χ2v) is 11.1. The summed E-state index contributed by atoms with van der Waals surface area (Å²) < 4.78 is 33.2. The molecule has 0 aliphatic rings. The monoisotopic (exact) mass is 543 g/mol. The van der Waals surface area contributed by atoms with E-state index in [2.05, 4.69) is 17.4 Å². The maximum atomic E-state index is 13.5. The Hall–Kier alpha value is -3.57. The zero-order valence-electron chi connectivity index (χ0n) is 20.6. The zero-order valence-corrected chi connectivity index (χ0v) is 22.3. The molecule has 9 nitrogen and oxygen atoms in total. The summed E-state index contributed by atoms with van der Waals surface area (Å²) in [6.45, 7) is 1.45. The average molecular weight is 544 g/mol. The molecule has 11 heteroatoms. The zero-order chi connectivity index (χ0) is 26.8. The third-order valence-electron chi connectivity index (χ3n) is 5.51. The molecule has 0 aliphatic carbocycles. The summed E-state index contributed by atoms with van der Waals surface area (Å²) in [5, 5.41) is 14.2. The van der Waals surface area contributed by atoms with E-state index in [-0.39, 0.29) is 16.3 Å². The first-order valence-corrected chi connectivity index (χ1v) is 14.1. The highest BCUT2D eigenvalue weighted by Crippen LogP contribution is 2.29. The van der Waals surface area contributed by atoms with Crippen molar-refractivity contribution in [2.45, 2.75) is 24.0 Å². The Morgan fingerprint density at radius 1 is 1.08 bits per heavy atom. The molecule has 37 heavy (non-hydrogen) atoms. The molecule has 0 aliphatic heterocycles. The number of methoxy groups -OCH3 is 1. The Labute approximate surface area is 221 Å². The number of aryl methyl sites for hydroxylation is 1. The van der Waals surface area contributed by atoms with Crippen LogP contribution in [-0.2, 0) is 20.6 Å². The van der Waals surface area contributed by atoms with Crippen LogP contribution in [0.25, 0.3) is 0 Å². The molecule has 3 aromatic carbocycles. The molecule has 196 valence electrons. The first kappa shape index (κ1) is 28.0. The molecule has 0 aromatic heterocycles. The molecular weight excluding hydrogens is 514 g/mol. The largest absolute Gasteiger partial charge is 0.497 e. The summed E-state index contributed by atoms with van der Waals surface area (Å²) >= 11 is 1.75. The van der Waals surface area contributed by atoms with Crippen LogP contribution < -0.4 is 14.4 Å². The summed E-state index contributed by atoms with van der Waals surface area (Å²) in [7, 11) is -2.80. The first-order chi connectivity index (χ1) is 17.7. The van der Waals surface area contributed by atoms with Crippen LogP contribution in [0.15, 0.2) is 77.7 Å². The molecular formula is C26H29N3O6S2. The maximum Gasteiger partial charge on any atom is 0.273 e. The highest BCUT2D eigenvalue weighted by atomic mass is 32.2. The van der Waals surface area contributed by atoms with Gasteiger partial charge >= 0.3 is 0 Å². The van der Waals surface area contributed by atoms with Gasteiger partial charge in [-0.25, -0.2) is 8.42 Å². The van der Waals surface area contributed by atoms with Gasteiger partial charge in [-0.15, -0.1) is 0 Å². The smallest absolute Gasteiger partial charge is 0.273 e. The van der Waals surface area contributed by atoms with E-state index in [1.54, 1.807) is 23.9 Å². The van der Waals surface area contributed by atoms with E-state index in [1.165, 1.54) is 43.9 Å². The molecule has 3 aromatic rings. The molecule has 0 saturated carbocycles. The summed E-state index contributed by atoms with van der Waals surface area (Å²) in [4.78, 5) is 23.2. The lowest BCUT2D eigenvalue weighted by molar-refractivity contribution is -0.385. The summed E-state index contributed by atoms with van der Waals surface area (Å²) in [5.74, 6) is 1.75. The number of benzene rings is 3. The van der Waals surface area contributed by atoms with Gasteiger partial charge in [0.25, 0.3) is 15.7 Å². The van der Waals surface area contributed by atoms with Crippen molar-refractivity contribution in [3.05, 3.63) is 94.0 Å². The van der Waals surface area contributed by atoms with Crippen LogP contribution in [0.1, 0.15) is 17.5 Å². The minimum Gasteiger partial charge on any atom is -0.497 e. The van der Waals surface area contributed by atoms with Crippen molar-refractivity contribution < 1.29 is 22.9 Å². The Kier molecular flexibility index (Phi) is 9.93. The van der Waals surface area contributed by atoms with Gasteiger partial charge in [-0.1, -0.05) is 36.4 Å². The lowest BCUT2D eigenvalue weighted by Crippen LogP contribution is -2.41. The van der Waals surface area contributed by atoms with Gasteiger partial charge < -0.3 is 10.1 Å². The van der Waals surface area contributed by atoms with Crippen molar-refractivity contribution in [1.82, 2.24) is 5.32 Å². The molecule has 0 saturated heterocycles. The number of thioether (sulfide) groups is 1. The molecule has 1 N–H and O–H groups in total. The van der Waals surface area contributed by atoms with Crippen molar-refractivity contribution in [2.75, 3.05) is 30.3 Å². The number of hydrogen-bond donors (Lipinski definition) is 1. The number of carbonyl (C=O) groups is 1. The fourth-order valence-corrected chi connectivity index (χ4v) is 5.85. The van der Waals surface area contributed by atoms with Gasteiger partial charge in [0.15, 0.2) is 0 Å². The molecule has 0 radical (unpaired) electrons. The number of sulfonamides is 1. The average Bonchev–Trinajstić information content (AvgIpc) is 2.90. The number of nitro benzene ring substituents is 1. The minimum absolute atomic E-state index is 0.234. The van der Waals surface area contributed by atoms with E-state index in [0.29, 0.717) is 17.9 Å². The number of amides is 1. The summed E-state index contributed by atoms with van der Waals surface area (Å²) in [6.07, 6.45) is 0.725. The van der Waals surface area contributed by atoms with Crippen LogP contribution in [-0.4, -0.2) is 45.2 Å². The van der Waals surface area contributed by atoms with Crippen LogP contribution in [0.4, 0.5) is 11.4 Å². The van der Waals surface area contributed by atoms with Crippen molar-refractivity contribution in [2.24, 2.45) is 0 Å². The SMILES string of the molecule is COc1ccc(N(CC(=O)NCCCSCc2ccccc2)S(=O)(=O)c2ccc(C)c([N+](=O)[O-])c2)cc1. The lowest BCUT2D eigenvalue weighted by Gasteiger charge is -2.24. The fraction of sp³-hybridized carbons (Fsp3) is 0.269. The number of ether oxygens (including phenoxy) is 1. The van der Waals surface area contributed by atoms with E-state index in [1.807, 2.05) is 18.2 Å². The highest BCUT2D eigenvalue weighted by molar-refractivity contribution is 7.98. The second-order valence-electron chi connectivity index (χ2n) is 8.16. The van der Waals surface area contributed by atoms with Gasteiger partial charge in [0, 0.05) is 23.9 Å². The van der Waals surface area contributed by atoms with E-state index in [9.17, 15) is 23.3 Å². The molecule has 0 heterocycles. The standard InChI is InChI=1S/C26H29N3O6S2/c1-20-9-14-24(17-25(20)29(31)32)37(33,34)28(22-10-12-23(35-2)13-11-22)18-26(30)27-15-6-16-36-19-21-7-4-3-5-8-21/h3-5,7-14,17H,6,15-16,18-19H2,1-2H3,(H,27,30). The number of anilines is 1. The molecule has 0 bridgehead atoms. The molecule has 0 unspecified atom stereocenters. The Balaban J connectivity index is 1.70. The first-order valence-electron chi connectivity index (χ1n) is 11.5. The van der Waals surface area contributed by atoms with Crippen LogP contribution in [0.5, 0.6) is 5.75 Å². The van der Waals surface area contributed by atoms with Crippen LogP contribution in [0.2, 0.25) is 0 Å². The van der Waals surface area contributed by atoms with Crippen molar-refractivity contribution in [1.29, 1.82) is 0 Å². The number of hydrogen-bond acceptors (Lipinski definition) is 7. The van der Waals surface area contributed by atoms with Crippen LogP contribution in [0.3, 0.4) is 0 Å². The van der Waals surface area contributed by atoms with Crippen LogP contribution >= 0.6 is 11.8 Å². The predicted octanol–water partition coefficient (Wildman–Crippen LogP) is 4.55. The van der Waals surface area contributed by atoms with Crippen molar-refractivity contribution in [3.8, 4) is 5.75 Å². The molecule has 0 spiro atoms. The number of nitro groups is 1.